The van der Waals surface area contributed by atoms with Crippen molar-refractivity contribution in [1.29, 1.82) is 0 Å². The lowest BCUT2D eigenvalue weighted by atomic mass is 10.2. The molecule has 0 aliphatic heterocycles. The van der Waals surface area contributed by atoms with Gasteiger partial charge in [-0.15, -0.1) is 0 Å². The van der Waals surface area contributed by atoms with Crippen LogP contribution < -0.4 is 4.72 Å². The van der Waals surface area contributed by atoms with E-state index < -0.39 is 27.8 Å². The van der Waals surface area contributed by atoms with Gasteiger partial charge in [0, 0.05) is 18.1 Å². The van der Waals surface area contributed by atoms with Gasteiger partial charge in [-0.2, -0.15) is 13.2 Å². The van der Waals surface area contributed by atoms with Gasteiger partial charge in [-0.25, -0.2) is 18.1 Å². The van der Waals surface area contributed by atoms with E-state index in [0.717, 1.165) is 12.1 Å². The summed E-state index contributed by atoms with van der Waals surface area (Å²) in [6.07, 6.45) is -3.02. The number of halogens is 4. The number of aryl methyl sites for hydroxylation is 1. The van der Waals surface area contributed by atoms with E-state index in [0.29, 0.717) is 28.3 Å². The van der Waals surface area contributed by atoms with Crippen LogP contribution in [0.4, 0.5) is 13.2 Å². The summed E-state index contributed by atoms with van der Waals surface area (Å²) >= 11 is 6.16. The Balaban J connectivity index is 1.76. The van der Waals surface area contributed by atoms with Gasteiger partial charge < -0.3 is 4.57 Å². The first kappa shape index (κ1) is 22.5. The predicted octanol–water partition coefficient (Wildman–Crippen LogP) is 5.32. The van der Waals surface area contributed by atoms with Crippen molar-refractivity contribution in [2.24, 2.45) is 0 Å². The molecule has 0 aliphatic rings. The molecular weight excluding hydrogens is 465 g/mol. The Labute approximate surface area is 187 Å². The van der Waals surface area contributed by atoms with Crippen LogP contribution in [0.2, 0.25) is 5.02 Å². The molecule has 0 spiro atoms. The van der Waals surface area contributed by atoms with Crippen molar-refractivity contribution < 1.29 is 21.6 Å². The number of benzene rings is 2. The second-order valence-electron chi connectivity index (χ2n) is 7.20. The third kappa shape index (κ3) is 3.94. The van der Waals surface area contributed by atoms with E-state index in [1.807, 2.05) is 0 Å². The summed E-state index contributed by atoms with van der Waals surface area (Å²) in [5, 5.41) is 0.860. The summed E-state index contributed by atoms with van der Waals surface area (Å²) in [6, 6.07) is 8.60. The van der Waals surface area contributed by atoms with E-state index in [2.05, 4.69) is 14.7 Å². The number of alkyl halides is 3. The smallest absolute Gasteiger partial charge is 0.327 e. The molecule has 4 aromatic rings. The number of aromatic nitrogens is 3. The molecule has 168 valence electrons. The molecule has 0 saturated heterocycles. The van der Waals surface area contributed by atoms with Crippen molar-refractivity contribution >= 4 is 43.6 Å². The van der Waals surface area contributed by atoms with Gasteiger partial charge in [0.1, 0.15) is 10.7 Å². The number of fused-ring (bicyclic) bond motifs is 2. The molecule has 0 aliphatic carbocycles. The van der Waals surface area contributed by atoms with E-state index in [-0.39, 0.29) is 15.9 Å². The van der Waals surface area contributed by atoms with Crippen molar-refractivity contribution in [3.63, 3.8) is 0 Å². The van der Waals surface area contributed by atoms with Gasteiger partial charge in [-0.05, 0) is 56.3 Å². The second kappa shape index (κ2) is 8.02. The molecule has 0 radical (unpaired) electrons. The molecule has 2 heterocycles. The summed E-state index contributed by atoms with van der Waals surface area (Å²) < 4.78 is 69.9. The maximum Gasteiger partial charge on any atom is 0.416 e. The van der Waals surface area contributed by atoms with Crippen LogP contribution in [0.5, 0.6) is 0 Å². The first-order valence-corrected chi connectivity index (χ1v) is 11.5. The van der Waals surface area contributed by atoms with Crippen LogP contribution in [0.15, 0.2) is 53.6 Å². The van der Waals surface area contributed by atoms with E-state index >= 15 is 0 Å². The SMILES string of the molecule is CCn1c(C(C)NS(=O)(=O)c2ccc(Cl)c3cccnc23)nc2ccc(C(F)(F)F)cc21. The molecule has 0 amide bonds. The number of hydrogen-bond acceptors (Lipinski definition) is 4. The molecular formula is C21H18ClF3N4O2S. The molecule has 1 N–H and O–H groups in total. The highest BCUT2D eigenvalue weighted by Crippen LogP contribution is 2.33. The average molecular weight is 483 g/mol. The van der Waals surface area contributed by atoms with Crippen LogP contribution in [-0.2, 0) is 22.7 Å². The number of rotatable bonds is 5. The third-order valence-corrected chi connectivity index (χ3v) is 7.01. The zero-order chi connectivity index (χ0) is 23.3. The minimum atomic E-state index is -4.49. The van der Waals surface area contributed by atoms with Crippen molar-refractivity contribution in [3.8, 4) is 0 Å². The highest BCUT2D eigenvalue weighted by Gasteiger charge is 2.32. The minimum absolute atomic E-state index is 0.0529. The fourth-order valence-corrected chi connectivity index (χ4v) is 5.24. The van der Waals surface area contributed by atoms with Crippen LogP contribution in [0.3, 0.4) is 0 Å². The van der Waals surface area contributed by atoms with Crippen LogP contribution in [-0.4, -0.2) is 23.0 Å². The quantitative estimate of drug-likeness (QED) is 0.418. The molecule has 0 bridgehead atoms. The number of sulfonamides is 1. The van der Waals surface area contributed by atoms with Crippen molar-refractivity contribution in [3.05, 3.63) is 65.1 Å². The maximum atomic E-state index is 13.2. The first-order chi connectivity index (χ1) is 15.0. The summed E-state index contributed by atoms with van der Waals surface area (Å²) in [4.78, 5) is 8.50. The van der Waals surface area contributed by atoms with Gasteiger partial charge in [0.15, 0.2) is 0 Å². The average Bonchev–Trinajstić information content (AvgIpc) is 3.11. The van der Waals surface area contributed by atoms with Crippen molar-refractivity contribution in [2.45, 2.75) is 37.5 Å². The minimum Gasteiger partial charge on any atom is -0.327 e. The molecule has 32 heavy (non-hydrogen) atoms. The van der Waals surface area contributed by atoms with E-state index in [4.69, 9.17) is 11.6 Å². The summed E-state index contributed by atoms with van der Waals surface area (Å²) in [5.74, 6) is 0.302. The zero-order valence-corrected chi connectivity index (χ0v) is 18.6. The van der Waals surface area contributed by atoms with Gasteiger partial charge >= 0.3 is 6.18 Å². The van der Waals surface area contributed by atoms with E-state index in [9.17, 15) is 21.6 Å². The van der Waals surface area contributed by atoms with Gasteiger partial charge in [0.05, 0.1) is 33.2 Å². The Morgan fingerprint density at radius 1 is 1.19 bits per heavy atom. The van der Waals surface area contributed by atoms with Crippen LogP contribution >= 0.6 is 11.6 Å². The lowest BCUT2D eigenvalue weighted by Gasteiger charge is -2.16. The lowest BCUT2D eigenvalue weighted by Crippen LogP contribution is -2.29. The Kier molecular flexibility index (Phi) is 5.64. The van der Waals surface area contributed by atoms with Gasteiger partial charge in [0.2, 0.25) is 10.0 Å². The van der Waals surface area contributed by atoms with Gasteiger partial charge in [0.25, 0.3) is 0 Å². The summed E-state index contributed by atoms with van der Waals surface area (Å²) in [5.41, 5.74) is 0.0538. The van der Waals surface area contributed by atoms with Crippen LogP contribution in [0.1, 0.15) is 31.3 Å². The highest BCUT2D eigenvalue weighted by molar-refractivity contribution is 7.89. The molecule has 0 saturated carbocycles. The third-order valence-electron chi connectivity index (χ3n) is 5.11. The molecule has 2 aromatic heterocycles. The standard InChI is InChI=1S/C21H18ClF3N4O2S/c1-3-29-17-11-13(21(23,24)25)6-8-16(17)27-20(29)12(2)28-32(30,31)18-9-7-15(22)14-5-4-10-26-19(14)18/h4-12,28H,3H2,1-2H3. The van der Waals surface area contributed by atoms with Crippen LogP contribution in [0.25, 0.3) is 21.9 Å². The molecule has 4 rings (SSSR count). The summed E-state index contributed by atoms with van der Waals surface area (Å²) in [6.45, 7) is 3.65. The monoisotopic (exact) mass is 482 g/mol. The maximum absolute atomic E-state index is 13.2. The molecule has 0 fully saturated rings. The Hall–Kier alpha value is -2.69. The van der Waals surface area contributed by atoms with E-state index in [1.54, 1.807) is 30.5 Å². The zero-order valence-electron chi connectivity index (χ0n) is 17.0. The molecule has 11 heteroatoms. The number of hydrogen-bond donors (Lipinski definition) is 1. The number of imidazole rings is 1. The van der Waals surface area contributed by atoms with E-state index in [1.165, 1.54) is 24.4 Å². The second-order valence-corrected chi connectivity index (χ2v) is 9.29. The normalized spacial score (nSPS) is 13.7. The number of nitrogens with one attached hydrogen (secondary N) is 1. The summed E-state index contributed by atoms with van der Waals surface area (Å²) in [7, 11) is -4.05. The van der Waals surface area contributed by atoms with Crippen molar-refractivity contribution in [1.82, 2.24) is 19.3 Å². The van der Waals surface area contributed by atoms with Gasteiger partial charge in [-0.1, -0.05) is 11.6 Å². The number of pyridine rings is 1. The molecule has 2 aromatic carbocycles. The molecule has 1 atom stereocenters. The first-order valence-electron chi connectivity index (χ1n) is 9.66. The van der Waals surface area contributed by atoms with Gasteiger partial charge in [-0.3, -0.25) is 4.98 Å². The molecule has 6 nitrogen and oxygen atoms in total. The fraction of sp³-hybridized carbons (Fsp3) is 0.238. The lowest BCUT2D eigenvalue weighted by molar-refractivity contribution is -0.137. The Morgan fingerprint density at radius 3 is 2.62 bits per heavy atom. The fourth-order valence-electron chi connectivity index (χ4n) is 3.66. The van der Waals surface area contributed by atoms with Crippen LogP contribution in [0, 0.1) is 0 Å². The predicted molar refractivity (Wildman–Crippen MR) is 116 cm³/mol. The molecule has 1 unspecified atom stereocenters. The Bertz CT molecular complexity index is 1430. The highest BCUT2D eigenvalue weighted by atomic mass is 35.5. The van der Waals surface area contributed by atoms with Crippen molar-refractivity contribution in [2.75, 3.05) is 0 Å². The largest absolute Gasteiger partial charge is 0.416 e. The Morgan fingerprint density at radius 2 is 1.94 bits per heavy atom. The topological polar surface area (TPSA) is 76.9 Å². The number of nitrogens with zero attached hydrogens (tertiary/aromatic N) is 3.